The Balaban J connectivity index is 1.80. The van der Waals surface area contributed by atoms with Gasteiger partial charge in [0.25, 0.3) is 0 Å². The van der Waals surface area contributed by atoms with E-state index in [0.29, 0.717) is 12.2 Å². The van der Waals surface area contributed by atoms with Crippen LogP contribution in [0, 0.1) is 0 Å². The molecule has 0 spiro atoms. The highest BCUT2D eigenvalue weighted by molar-refractivity contribution is 7.92. The quantitative estimate of drug-likeness (QED) is 0.884. The molecule has 0 aliphatic carbocycles. The third kappa shape index (κ3) is 2.56. The van der Waals surface area contributed by atoms with Gasteiger partial charge in [0.1, 0.15) is 5.82 Å². The summed E-state index contributed by atoms with van der Waals surface area (Å²) < 4.78 is 26.2. The third-order valence-corrected chi connectivity index (χ3v) is 6.53. The van der Waals surface area contributed by atoms with Gasteiger partial charge in [-0.05, 0) is 25.7 Å². The van der Waals surface area contributed by atoms with Crippen molar-refractivity contribution >= 4 is 9.84 Å². The van der Waals surface area contributed by atoms with Crippen LogP contribution in [0.3, 0.4) is 0 Å². The highest BCUT2D eigenvalue weighted by atomic mass is 32.2. The van der Waals surface area contributed by atoms with Crippen molar-refractivity contribution in [2.45, 2.75) is 56.4 Å². The van der Waals surface area contributed by atoms with Crippen molar-refractivity contribution in [2.24, 2.45) is 5.73 Å². The van der Waals surface area contributed by atoms with Crippen LogP contribution in [0.1, 0.15) is 49.7 Å². The Hall–Kier alpha value is -0.880. The Kier molecular flexibility index (Phi) is 3.39. The van der Waals surface area contributed by atoms with E-state index in [9.17, 15) is 8.42 Å². The van der Waals surface area contributed by atoms with E-state index in [4.69, 9.17) is 5.73 Å². The lowest BCUT2D eigenvalue weighted by atomic mass is 10.1. The number of aromatic nitrogens is 2. The van der Waals surface area contributed by atoms with Crippen LogP contribution in [0.2, 0.25) is 0 Å². The fourth-order valence-corrected chi connectivity index (χ4v) is 5.04. The summed E-state index contributed by atoms with van der Waals surface area (Å²) in [5.74, 6) is 1.26. The van der Waals surface area contributed by atoms with E-state index in [1.807, 2.05) is 6.20 Å². The zero-order valence-corrected chi connectivity index (χ0v) is 11.9. The van der Waals surface area contributed by atoms with E-state index in [0.717, 1.165) is 50.2 Å². The van der Waals surface area contributed by atoms with Gasteiger partial charge in [0.2, 0.25) is 0 Å². The summed E-state index contributed by atoms with van der Waals surface area (Å²) in [7, 11) is -2.92. The molecule has 2 aliphatic rings. The largest absolute Gasteiger partial charge is 0.333 e. The highest BCUT2D eigenvalue weighted by Crippen LogP contribution is 2.26. The van der Waals surface area contributed by atoms with Crippen LogP contribution < -0.4 is 5.73 Å². The number of imidazole rings is 1. The zero-order valence-electron chi connectivity index (χ0n) is 11.1. The molecule has 1 aromatic rings. The van der Waals surface area contributed by atoms with E-state index in [2.05, 4.69) is 9.55 Å². The van der Waals surface area contributed by atoms with Gasteiger partial charge in [0.05, 0.1) is 22.7 Å². The molecule has 19 heavy (non-hydrogen) atoms. The number of hydrogen-bond acceptors (Lipinski definition) is 4. The molecule has 2 N–H and O–H groups in total. The minimum Gasteiger partial charge on any atom is -0.333 e. The number of fused-ring (bicyclic) bond motifs is 1. The first-order valence-corrected chi connectivity index (χ1v) is 8.81. The molecule has 2 aliphatic heterocycles. The molecule has 1 saturated heterocycles. The number of nitrogens with two attached hydrogens (primary N) is 1. The maximum Gasteiger partial charge on any atom is 0.153 e. The molecule has 1 aromatic heterocycles. The molecule has 106 valence electrons. The Bertz CT molecular complexity index is 564. The van der Waals surface area contributed by atoms with E-state index < -0.39 is 9.84 Å². The predicted octanol–water partition coefficient (Wildman–Crippen LogP) is 1.19. The normalized spacial score (nSPS) is 29.9. The number of nitrogens with zero attached hydrogens (tertiary/aromatic N) is 2. The summed E-state index contributed by atoms with van der Waals surface area (Å²) in [5.41, 5.74) is 6.94. The van der Waals surface area contributed by atoms with E-state index in [-0.39, 0.29) is 11.3 Å². The molecule has 2 unspecified atom stereocenters. The fraction of sp³-hybridized carbons (Fsp3) is 0.769. The van der Waals surface area contributed by atoms with E-state index >= 15 is 0 Å². The lowest BCUT2D eigenvalue weighted by Gasteiger charge is -2.21. The lowest BCUT2D eigenvalue weighted by Crippen LogP contribution is -2.30. The first-order valence-electron chi connectivity index (χ1n) is 7.09. The van der Waals surface area contributed by atoms with E-state index in [1.54, 1.807) is 0 Å². The summed E-state index contributed by atoms with van der Waals surface area (Å²) in [6, 6.07) is 0.00506. The first kappa shape index (κ1) is 13.1. The van der Waals surface area contributed by atoms with Gasteiger partial charge < -0.3 is 10.3 Å². The van der Waals surface area contributed by atoms with Gasteiger partial charge in [-0.3, -0.25) is 0 Å². The second-order valence-electron chi connectivity index (χ2n) is 5.72. The summed E-state index contributed by atoms with van der Waals surface area (Å²) in [5, 5.41) is -0.241. The second kappa shape index (κ2) is 4.90. The van der Waals surface area contributed by atoms with Gasteiger partial charge in [-0.1, -0.05) is 6.42 Å². The summed E-state index contributed by atoms with van der Waals surface area (Å²) in [6.45, 7) is 0.952. The highest BCUT2D eigenvalue weighted by Gasteiger charge is 2.30. The Morgan fingerprint density at radius 3 is 2.89 bits per heavy atom. The smallest absolute Gasteiger partial charge is 0.153 e. The van der Waals surface area contributed by atoms with Crippen LogP contribution in [0.5, 0.6) is 0 Å². The molecule has 2 atom stereocenters. The fourth-order valence-electron chi connectivity index (χ4n) is 3.15. The topological polar surface area (TPSA) is 78.0 Å². The second-order valence-corrected chi connectivity index (χ2v) is 8.12. The van der Waals surface area contributed by atoms with E-state index in [1.165, 1.54) is 0 Å². The minimum atomic E-state index is -2.92. The summed E-state index contributed by atoms with van der Waals surface area (Å²) in [4.78, 5) is 4.56. The molecule has 0 amide bonds. The monoisotopic (exact) mass is 283 g/mol. The number of rotatable bonds is 2. The van der Waals surface area contributed by atoms with Crippen molar-refractivity contribution in [3.63, 3.8) is 0 Å². The molecular formula is C13H21N3O2S. The molecule has 5 nitrogen and oxygen atoms in total. The Labute approximate surface area is 114 Å². The number of sulfone groups is 1. The molecule has 0 aromatic carbocycles. The van der Waals surface area contributed by atoms with Crippen LogP contribution in [0.4, 0.5) is 0 Å². The molecule has 0 radical (unpaired) electrons. The molecular weight excluding hydrogens is 262 g/mol. The van der Waals surface area contributed by atoms with Crippen molar-refractivity contribution in [3.8, 4) is 0 Å². The molecule has 0 bridgehead atoms. The molecule has 6 heteroatoms. The van der Waals surface area contributed by atoms with Crippen molar-refractivity contribution in [3.05, 3.63) is 17.7 Å². The van der Waals surface area contributed by atoms with Gasteiger partial charge in [-0.15, -0.1) is 0 Å². The van der Waals surface area contributed by atoms with Gasteiger partial charge in [-0.2, -0.15) is 0 Å². The molecule has 1 fully saturated rings. The average molecular weight is 283 g/mol. The SMILES string of the molecule is NC1CCCn2cc(CC3CCCCS3(=O)=O)nc21. The van der Waals surface area contributed by atoms with Crippen molar-refractivity contribution < 1.29 is 8.42 Å². The van der Waals surface area contributed by atoms with Gasteiger partial charge in [-0.25, -0.2) is 13.4 Å². The molecule has 0 saturated carbocycles. The van der Waals surface area contributed by atoms with Crippen molar-refractivity contribution in [1.29, 1.82) is 0 Å². The molecule has 3 heterocycles. The number of hydrogen-bond donors (Lipinski definition) is 1. The third-order valence-electron chi connectivity index (χ3n) is 4.25. The molecule has 3 rings (SSSR count). The number of aryl methyl sites for hydroxylation is 1. The van der Waals surface area contributed by atoms with Crippen LogP contribution >= 0.6 is 0 Å². The minimum absolute atomic E-state index is 0.00506. The summed E-state index contributed by atoms with van der Waals surface area (Å²) >= 11 is 0. The average Bonchev–Trinajstić information content (AvgIpc) is 2.76. The van der Waals surface area contributed by atoms with Gasteiger partial charge in [0, 0.05) is 19.2 Å². The van der Waals surface area contributed by atoms with Crippen LogP contribution in [0.25, 0.3) is 0 Å². The van der Waals surface area contributed by atoms with Crippen LogP contribution in [0.15, 0.2) is 6.20 Å². The summed E-state index contributed by atoms with van der Waals surface area (Å²) in [6.07, 6.45) is 7.19. The lowest BCUT2D eigenvalue weighted by molar-refractivity contribution is 0.451. The Morgan fingerprint density at radius 1 is 1.32 bits per heavy atom. The van der Waals surface area contributed by atoms with Crippen molar-refractivity contribution in [1.82, 2.24) is 9.55 Å². The Morgan fingerprint density at radius 2 is 2.16 bits per heavy atom. The standard InChI is InChI=1S/C13H21N3O2S/c14-12-5-3-6-16-9-10(15-13(12)16)8-11-4-1-2-7-19(11,17)18/h9,11-12H,1-8,14H2. The van der Waals surface area contributed by atoms with Gasteiger partial charge in [0.15, 0.2) is 9.84 Å². The first-order chi connectivity index (χ1) is 9.06. The van der Waals surface area contributed by atoms with Crippen molar-refractivity contribution in [2.75, 3.05) is 5.75 Å². The maximum atomic E-state index is 12.0. The van der Waals surface area contributed by atoms with Gasteiger partial charge >= 0.3 is 0 Å². The van der Waals surface area contributed by atoms with Crippen LogP contribution in [-0.2, 0) is 22.8 Å². The zero-order chi connectivity index (χ0) is 13.5. The predicted molar refractivity (Wildman–Crippen MR) is 73.5 cm³/mol. The maximum absolute atomic E-state index is 12.0. The van der Waals surface area contributed by atoms with Crippen LogP contribution in [-0.4, -0.2) is 29.0 Å².